The van der Waals surface area contributed by atoms with Gasteiger partial charge in [0.25, 0.3) is 5.91 Å². The van der Waals surface area contributed by atoms with E-state index in [2.05, 4.69) is 0 Å². The average molecular weight is 450 g/mol. The van der Waals surface area contributed by atoms with Crippen molar-refractivity contribution < 1.29 is 9.53 Å². The van der Waals surface area contributed by atoms with Crippen LogP contribution >= 0.6 is 35.7 Å². The summed E-state index contributed by atoms with van der Waals surface area (Å²) in [4.78, 5) is 16.3. The molecule has 3 aromatic rings. The quantitative estimate of drug-likeness (QED) is 0.247. The molecule has 3 aromatic carbocycles. The number of hydrogen-bond donors (Lipinski definition) is 0. The van der Waals surface area contributed by atoms with Gasteiger partial charge >= 0.3 is 0 Å². The minimum atomic E-state index is -0.0901. The van der Waals surface area contributed by atoms with Crippen molar-refractivity contribution in [2.24, 2.45) is 0 Å². The van der Waals surface area contributed by atoms with Crippen LogP contribution in [0.25, 0.3) is 6.08 Å². The van der Waals surface area contributed by atoms with Crippen molar-refractivity contribution in [2.75, 3.05) is 11.2 Å². The van der Waals surface area contributed by atoms with Gasteiger partial charge < -0.3 is 4.74 Å². The van der Waals surface area contributed by atoms with Gasteiger partial charge in [-0.15, -0.1) is 11.8 Å². The zero-order valence-electron chi connectivity index (χ0n) is 16.3. The number of amides is 1. The Hall–Kier alpha value is -2.54. The van der Waals surface area contributed by atoms with Gasteiger partial charge in [-0.3, -0.25) is 9.69 Å². The lowest BCUT2D eigenvalue weighted by molar-refractivity contribution is -0.113. The molecule has 0 atom stereocenters. The molecule has 0 aliphatic carbocycles. The number of hydrogen-bond acceptors (Lipinski definition) is 5. The van der Waals surface area contributed by atoms with E-state index in [0.29, 0.717) is 15.8 Å². The minimum Gasteiger partial charge on any atom is -0.489 e. The third-order valence-corrected chi connectivity index (χ3v) is 6.56. The van der Waals surface area contributed by atoms with Crippen molar-refractivity contribution in [1.82, 2.24) is 0 Å². The first kappa shape index (κ1) is 20.7. The molecular weight excluding hydrogens is 430 g/mol. The van der Waals surface area contributed by atoms with Gasteiger partial charge in [-0.1, -0.05) is 72.5 Å². The second-order valence-electron chi connectivity index (χ2n) is 6.56. The molecule has 30 heavy (non-hydrogen) atoms. The van der Waals surface area contributed by atoms with Gasteiger partial charge in [0.05, 0.1) is 10.6 Å². The molecule has 0 radical (unpaired) electrons. The Balaban J connectivity index is 1.46. The van der Waals surface area contributed by atoms with Crippen LogP contribution in [0.2, 0.25) is 0 Å². The van der Waals surface area contributed by atoms with Crippen molar-refractivity contribution in [3.8, 4) is 5.75 Å². The maximum atomic E-state index is 13.0. The average Bonchev–Trinajstić information content (AvgIpc) is 3.06. The Kier molecular flexibility index (Phi) is 6.57. The smallest absolute Gasteiger partial charge is 0.270 e. The van der Waals surface area contributed by atoms with Gasteiger partial charge in [0.2, 0.25) is 0 Å². The summed E-state index contributed by atoms with van der Waals surface area (Å²) in [7, 11) is 0. The van der Waals surface area contributed by atoms with Crippen LogP contribution in [0.3, 0.4) is 0 Å². The summed E-state index contributed by atoms with van der Waals surface area (Å²) in [5.74, 6) is 0.699. The zero-order chi connectivity index (χ0) is 20.9. The monoisotopic (exact) mass is 449 g/mol. The molecule has 4 rings (SSSR count). The molecule has 0 spiro atoms. The number of anilines is 1. The third-order valence-electron chi connectivity index (χ3n) is 4.53. The molecule has 1 amide bonds. The molecule has 0 bridgehead atoms. The van der Waals surface area contributed by atoms with Gasteiger partial charge in [-0.25, -0.2) is 0 Å². The van der Waals surface area contributed by atoms with Gasteiger partial charge in [0.1, 0.15) is 12.4 Å². The fourth-order valence-corrected chi connectivity index (χ4v) is 4.74. The first-order valence-electron chi connectivity index (χ1n) is 9.33. The highest BCUT2D eigenvalue weighted by molar-refractivity contribution is 8.27. The SMILES string of the molecule is CSc1cccc(N2C(=O)/C(=C\c3ccc(OCc4ccccc4)cc3)SC2=S)c1. The fraction of sp³-hybridized carbons (Fsp3) is 0.0833. The summed E-state index contributed by atoms with van der Waals surface area (Å²) in [6.07, 6.45) is 3.88. The third kappa shape index (κ3) is 4.78. The number of carbonyl (C=O) groups is 1. The van der Waals surface area contributed by atoms with Gasteiger partial charge in [-0.05, 0) is 53.8 Å². The lowest BCUT2D eigenvalue weighted by Crippen LogP contribution is -2.27. The molecule has 1 fully saturated rings. The lowest BCUT2D eigenvalue weighted by atomic mass is 10.2. The Morgan fingerprint density at radius 2 is 1.80 bits per heavy atom. The molecule has 0 unspecified atom stereocenters. The number of carbonyl (C=O) groups excluding carboxylic acids is 1. The highest BCUT2D eigenvalue weighted by Crippen LogP contribution is 2.37. The predicted molar refractivity (Wildman–Crippen MR) is 131 cm³/mol. The number of ether oxygens (including phenoxy) is 1. The van der Waals surface area contributed by atoms with Crippen molar-refractivity contribution in [3.63, 3.8) is 0 Å². The predicted octanol–water partition coefficient (Wildman–Crippen LogP) is 6.39. The van der Waals surface area contributed by atoms with Crippen molar-refractivity contribution in [3.05, 3.63) is 94.9 Å². The van der Waals surface area contributed by atoms with E-state index in [1.807, 2.05) is 91.2 Å². The summed E-state index contributed by atoms with van der Waals surface area (Å²) < 4.78 is 6.38. The highest BCUT2D eigenvalue weighted by Gasteiger charge is 2.33. The van der Waals surface area contributed by atoms with Gasteiger partial charge in [0, 0.05) is 4.90 Å². The number of rotatable bonds is 6. The fourth-order valence-electron chi connectivity index (χ4n) is 2.99. The topological polar surface area (TPSA) is 29.5 Å². The van der Waals surface area contributed by atoms with E-state index in [0.717, 1.165) is 27.5 Å². The molecule has 0 saturated carbocycles. The van der Waals surface area contributed by atoms with Crippen LogP contribution < -0.4 is 9.64 Å². The highest BCUT2D eigenvalue weighted by atomic mass is 32.2. The normalized spacial score (nSPS) is 15.1. The maximum absolute atomic E-state index is 13.0. The maximum Gasteiger partial charge on any atom is 0.270 e. The van der Waals surface area contributed by atoms with E-state index < -0.39 is 0 Å². The molecule has 1 aliphatic rings. The Morgan fingerprint density at radius 3 is 2.53 bits per heavy atom. The van der Waals surface area contributed by atoms with Crippen molar-refractivity contribution >= 4 is 57.7 Å². The van der Waals surface area contributed by atoms with Crippen LogP contribution in [0, 0.1) is 0 Å². The molecule has 6 heteroatoms. The molecule has 1 aliphatic heterocycles. The van der Waals surface area contributed by atoms with Crippen molar-refractivity contribution in [2.45, 2.75) is 11.5 Å². The second-order valence-corrected chi connectivity index (χ2v) is 9.12. The molecule has 0 aromatic heterocycles. The number of thiocarbonyl (C=S) groups is 1. The molecule has 1 heterocycles. The van der Waals surface area contributed by atoms with Gasteiger partial charge in [0.15, 0.2) is 4.32 Å². The zero-order valence-corrected chi connectivity index (χ0v) is 18.7. The van der Waals surface area contributed by atoms with Crippen LogP contribution in [-0.4, -0.2) is 16.5 Å². The number of nitrogens with zero attached hydrogens (tertiary/aromatic N) is 1. The summed E-state index contributed by atoms with van der Waals surface area (Å²) in [6, 6.07) is 25.6. The van der Waals surface area contributed by atoms with E-state index in [9.17, 15) is 4.79 Å². The first-order valence-corrected chi connectivity index (χ1v) is 11.8. The van der Waals surface area contributed by atoms with Crippen LogP contribution in [0.15, 0.2) is 88.7 Å². The van der Waals surface area contributed by atoms with E-state index >= 15 is 0 Å². The van der Waals surface area contributed by atoms with E-state index in [4.69, 9.17) is 17.0 Å². The molecule has 1 saturated heterocycles. The Bertz CT molecular complexity index is 1090. The number of benzene rings is 3. The first-order chi connectivity index (χ1) is 14.6. The van der Waals surface area contributed by atoms with Crippen LogP contribution in [0.5, 0.6) is 5.75 Å². The standard InChI is InChI=1S/C24H19NO2S3/c1-29-21-9-5-8-19(15-21)25-23(26)22(30-24(25)28)14-17-10-12-20(13-11-17)27-16-18-6-3-2-4-7-18/h2-15H,16H2,1H3/b22-14+. The molecule has 3 nitrogen and oxygen atoms in total. The summed E-state index contributed by atoms with van der Waals surface area (Å²) >= 11 is 8.44. The van der Waals surface area contributed by atoms with Crippen LogP contribution in [0.4, 0.5) is 5.69 Å². The van der Waals surface area contributed by atoms with E-state index in [-0.39, 0.29) is 5.91 Å². The van der Waals surface area contributed by atoms with E-state index in [1.165, 1.54) is 11.8 Å². The second kappa shape index (κ2) is 9.51. The molecule has 150 valence electrons. The van der Waals surface area contributed by atoms with Crippen LogP contribution in [-0.2, 0) is 11.4 Å². The summed E-state index contributed by atoms with van der Waals surface area (Å²) in [6.45, 7) is 0.522. The largest absolute Gasteiger partial charge is 0.489 e. The summed E-state index contributed by atoms with van der Waals surface area (Å²) in [5, 5.41) is 0. The molecular formula is C24H19NO2S3. The van der Waals surface area contributed by atoms with Crippen LogP contribution in [0.1, 0.15) is 11.1 Å². The number of thioether (sulfide) groups is 2. The minimum absolute atomic E-state index is 0.0901. The lowest BCUT2D eigenvalue weighted by Gasteiger charge is -2.15. The van der Waals surface area contributed by atoms with Crippen molar-refractivity contribution in [1.29, 1.82) is 0 Å². The molecule has 0 N–H and O–H groups in total. The Labute approximate surface area is 190 Å². The Morgan fingerprint density at radius 1 is 1.03 bits per heavy atom. The summed E-state index contributed by atoms with van der Waals surface area (Å²) in [5.41, 5.74) is 2.86. The van der Waals surface area contributed by atoms with E-state index in [1.54, 1.807) is 16.7 Å². The van der Waals surface area contributed by atoms with Gasteiger partial charge in [-0.2, -0.15) is 0 Å².